The van der Waals surface area contributed by atoms with Crippen molar-refractivity contribution in [3.05, 3.63) is 6.42 Å². The Balaban J connectivity index is 2.30. The molecule has 1 aliphatic rings. The highest BCUT2D eigenvalue weighted by molar-refractivity contribution is 5.67. The second kappa shape index (κ2) is 4.33. The molecule has 1 fully saturated rings. The summed E-state index contributed by atoms with van der Waals surface area (Å²) < 4.78 is 5.06. The normalized spacial score (nSPS) is 18.1. The van der Waals surface area contributed by atoms with Gasteiger partial charge in [0.2, 0.25) is 0 Å². The van der Waals surface area contributed by atoms with E-state index in [1.54, 1.807) is 4.90 Å². The average Bonchev–Trinajstić information content (AvgIpc) is 2.05. The van der Waals surface area contributed by atoms with Gasteiger partial charge in [0.15, 0.2) is 0 Å². The largest absolute Gasteiger partial charge is 0.447 e. The highest BCUT2D eigenvalue weighted by Crippen LogP contribution is 2.09. The van der Waals surface area contributed by atoms with Crippen molar-refractivity contribution < 1.29 is 9.53 Å². The lowest BCUT2D eigenvalue weighted by Gasteiger charge is -2.26. The third-order valence-corrected chi connectivity index (χ3v) is 1.80. The average molecular weight is 170 g/mol. The van der Waals surface area contributed by atoms with E-state index < -0.39 is 0 Å². The molecule has 69 valence electrons. The Labute approximate surface area is 73.7 Å². The van der Waals surface area contributed by atoms with Gasteiger partial charge in [0, 0.05) is 13.1 Å². The van der Waals surface area contributed by atoms with Crippen LogP contribution in [0, 0.1) is 6.42 Å². The molecule has 0 atom stereocenters. The summed E-state index contributed by atoms with van der Waals surface area (Å²) in [7, 11) is 0. The molecule has 0 N–H and O–H groups in total. The number of hydrogen-bond acceptors (Lipinski definition) is 2. The molecule has 1 amide bonds. The third kappa shape index (κ3) is 2.72. The van der Waals surface area contributed by atoms with E-state index in [2.05, 4.69) is 6.42 Å². The summed E-state index contributed by atoms with van der Waals surface area (Å²) in [5, 5.41) is 0. The van der Waals surface area contributed by atoms with Gasteiger partial charge in [-0.3, -0.25) is 0 Å². The van der Waals surface area contributed by atoms with Crippen LogP contribution in [0.25, 0.3) is 0 Å². The molecule has 0 bridgehead atoms. The minimum atomic E-state index is -0.168. The monoisotopic (exact) mass is 170 g/mol. The number of rotatable bonds is 1. The van der Waals surface area contributed by atoms with Crippen LogP contribution in [0.2, 0.25) is 0 Å². The van der Waals surface area contributed by atoms with Crippen molar-refractivity contribution in [1.29, 1.82) is 0 Å². The fourth-order valence-electron chi connectivity index (χ4n) is 1.21. The van der Waals surface area contributed by atoms with Gasteiger partial charge in [0.05, 0.1) is 6.10 Å². The van der Waals surface area contributed by atoms with E-state index in [1.807, 2.05) is 13.8 Å². The van der Waals surface area contributed by atoms with Crippen molar-refractivity contribution in [3.8, 4) is 0 Å². The number of carbonyl (C=O) groups is 1. The first kappa shape index (κ1) is 9.36. The van der Waals surface area contributed by atoms with Crippen LogP contribution in [-0.4, -0.2) is 30.2 Å². The van der Waals surface area contributed by atoms with Gasteiger partial charge < -0.3 is 9.64 Å². The van der Waals surface area contributed by atoms with Crippen molar-refractivity contribution in [2.75, 3.05) is 13.1 Å². The van der Waals surface area contributed by atoms with Crippen LogP contribution in [0.1, 0.15) is 26.7 Å². The molecular formula is C9H16NO2. The van der Waals surface area contributed by atoms with E-state index in [0.717, 1.165) is 25.9 Å². The van der Waals surface area contributed by atoms with Crippen molar-refractivity contribution in [2.45, 2.75) is 32.8 Å². The van der Waals surface area contributed by atoms with Crippen molar-refractivity contribution in [2.24, 2.45) is 0 Å². The van der Waals surface area contributed by atoms with Gasteiger partial charge in [-0.2, -0.15) is 0 Å². The molecule has 1 aliphatic heterocycles. The quantitative estimate of drug-likeness (QED) is 0.601. The van der Waals surface area contributed by atoms with Gasteiger partial charge in [-0.1, -0.05) is 0 Å². The molecule has 1 saturated heterocycles. The molecule has 1 radical (unpaired) electrons. The number of piperidine rings is 1. The summed E-state index contributed by atoms with van der Waals surface area (Å²) >= 11 is 0. The fourth-order valence-corrected chi connectivity index (χ4v) is 1.21. The Bertz CT molecular complexity index is 151. The minimum Gasteiger partial charge on any atom is -0.447 e. The van der Waals surface area contributed by atoms with Gasteiger partial charge in [-0.25, -0.2) is 4.79 Å². The number of carbonyl (C=O) groups excluding carboxylic acids is 1. The number of amides is 1. The maximum Gasteiger partial charge on any atom is 0.410 e. The summed E-state index contributed by atoms with van der Waals surface area (Å²) in [6, 6.07) is 0. The summed E-state index contributed by atoms with van der Waals surface area (Å²) in [4.78, 5) is 13.1. The first-order valence-electron chi connectivity index (χ1n) is 4.47. The molecule has 0 aliphatic carbocycles. The second-order valence-electron chi connectivity index (χ2n) is 3.29. The van der Waals surface area contributed by atoms with Crippen molar-refractivity contribution in [3.63, 3.8) is 0 Å². The van der Waals surface area contributed by atoms with Crippen molar-refractivity contribution in [1.82, 2.24) is 4.90 Å². The molecule has 0 aromatic rings. The molecule has 0 aromatic heterocycles. The zero-order chi connectivity index (χ0) is 8.97. The molecule has 0 saturated carbocycles. The van der Waals surface area contributed by atoms with Gasteiger partial charge in [-0.15, -0.1) is 0 Å². The summed E-state index contributed by atoms with van der Waals surface area (Å²) in [5.41, 5.74) is 0. The SMILES string of the molecule is CC(C)OC(=O)N1CC[CH]CC1. The van der Waals surface area contributed by atoms with Crippen LogP contribution in [0.15, 0.2) is 0 Å². The van der Waals surface area contributed by atoms with Crippen LogP contribution in [0.5, 0.6) is 0 Å². The molecule has 1 heterocycles. The molecule has 12 heavy (non-hydrogen) atoms. The molecule has 0 spiro atoms. The van der Waals surface area contributed by atoms with Crippen LogP contribution in [-0.2, 0) is 4.74 Å². The zero-order valence-corrected chi connectivity index (χ0v) is 7.75. The predicted octanol–water partition coefficient (Wildman–Crippen LogP) is 1.83. The third-order valence-electron chi connectivity index (χ3n) is 1.80. The molecule has 3 heteroatoms. The lowest BCUT2D eigenvalue weighted by molar-refractivity contribution is 0.0743. The first-order chi connectivity index (χ1) is 5.70. The zero-order valence-electron chi connectivity index (χ0n) is 7.75. The lowest BCUT2D eigenvalue weighted by Crippen LogP contribution is -2.37. The topological polar surface area (TPSA) is 29.5 Å². The molecule has 0 aromatic carbocycles. The maximum absolute atomic E-state index is 11.3. The Kier molecular flexibility index (Phi) is 3.38. The minimum absolute atomic E-state index is 0.0107. The molecular weight excluding hydrogens is 154 g/mol. The predicted molar refractivity (Wildman–Crippen MR) is 46.7 cm³/mol. The number of nitrogens with zero attached hydrogens (tertiary/aromatic N) is 1. The molecule has 0 unspecified atom stereocenters. The van der Waals surface area contributed by atoms with E-state index in [0.29, 0.717) is 0 Å². The van der Waals surface area contributed by atoms with Crippen LogP contribution in [0.3, 0.4) is 0 Å². The van der Waals surface area contributed by atoms with Gasteiger partial charge in [0.1, 0.15) is 0 Å². The van der Waals surface area contributed by atoms with E-state index in [9.17, 15) is 4.79 Å². The van der Waals surface area contributed by atoms with Gasteiger partial charge >= 0.3 is 6.09 Å². The Hall–Kier alpha value is -0.730. The highest BCUT2D eigenvalue weighted by atomic mass is 16.6. The van der Waals surface area contributed by atoms with Gasteiger partial charge in [0.25, 0.3) is 0 Å². The summed E-state index contributed by atoms with van der Waals surface area (Å²) in [6.07, 6.45) is 4.01. The van der Waals surface area contributed by atoms with Crippen LogP contribution in [0.4, 0.5) is 4.79 Å². The standard InChI is InChI=1S/C9H16NO2/c1-8(2)12-9(11)10-6-4-3-5-7-10/h3,8H,4-7H2,1-2H3. The van der Waals surface area contributed by atoms with Gasteiger partial charge in [-0.05, 0) is 33.1 Å². The Morgan fingerprint density at radius 3 is 2.50 bits per heavy atom. The number of likely N-dealkylation sites (tertiary alicyclic amines) is 1. The van der Waals surface area contributed by atoms with E-state index in [-0.39, 0.29) is 12.2 Å². The van der Waals surface area contributed by atoms with Crippen LogP contribution < -0.4 is 0 Å². The molecule has 1 rings (SSSR count). The van der Waals surface area contributed by atoms with E-state index >= 15 is 0 Å². The smallest absolute Gasteiger partial charge is 0.410 e. The summed E-state index contributed by atoms with van der Waals surface area (Å²) in [5.74, 6) is 0. The Morgan fingerprint density at radius 2 is 2.00 bits per heavy atom. The van der Waals surface area contributed by atoms with E-state index in [4.69, 9.17) is 4.74 Å². The first-order valence-corrected chi connectivity index (χ1v) is 4.47. The highest BCUT2D eigenvalue weighted by Gasteiger charge is 2.18. The Morgan fingerprint density at radius 1 is 1.42 bits per heavy atom. The second-order valence-corrected chi connectivity index (χ2v) is 3.29. The maximum atomic E-state index is 11.3. The van der Waals surface area contributed by atoms with E-state index in [1.165, 1.54) is 0 Å². The fraction of sp³-hybridized carbons (Fsp3) is 0.778. The van der Waals surface area contributed by atoms with Crippen LogP contribution >= 0.6 is 0 Å². The number of hydrogen-bond donors (Lipinski definition) is 0. The van der Waals surface area contributed by atoms with Crippen molar-refractivity contribution >= 4 is 6.09 Å². The molecule has 3 nitrogen and oxygen atoms in total. The lowest BCUT2D eigenvalue weighted by atomic mass is 10.1. The summed E-state index contributed by atoms with van der Waals surface area (Å²) in [6.45, 7) is 5.36. The number of ether oxygens (including phenoxy) is 1.